The first-order valence-corrected chi connectivity index (χ1v) is 8.17. The van der Waals surface area contributed by atoms with Crippen LogP contribution in [0.1, 0.15) is 15.9 Å². The summed E-state index contributed by atoms with van der Waals surface area (Å²) in [5.41, 5.74) is 0.925. The predicted octanol–water partition coefficient (Wildman–Crippen LogP) is 3.83. The number of rotatable bonds is 4. The molecular weight excluding hydrogens is 441 g/mol. The molecule has 0 saturated carbocycles. The molecule has 0 atom stereocenters. The lowest BCUT2D eigenvalue weighted by atomic mass is 10.1. The first-order chi connectivity index (χ1) is 12.0. The monoisotopic (exact) mass is 453 g/mol. The van der Waals surface area contributed by atoms with Crippen LogP contribution in [0.2, 0.25) is 0 Å². The molecule has 1 heterocycles. The maximum absolute atomic E-state index is 12.7. The largest absolute Gasteiger partial charge is 0.496 e. The second-order valence-corrected chi connectivity index (χ2v) is 6.17. The summed E-state index contributed by atoms with van der Waals surface area (Å²) in [4.78, 5) is 22.9. The molecule has 2 aromatic rings. The van der Waals surface area contributed by atoms with Crippen LogP contribution in [0.25, 0.3) is 6.08 Å². The van der Waals surface area contributed by atoms with Crippen LogP contribution in [0.4, 0.5) is 5.69 Å². The standard InChI is InChI=1S/C17H12INO6/c1-23-11-8-12(24-2)15(18)17-14(11)16(20)13(25-17)7-9-3-5-10(6-4-9)19(21)22/h3-8H,1-2H3. The van der Waals surface area contributed by atoms with Crippen LogP contribution in [0.3, 0.4) is 0 Å². The van der Waals surface area contributed by atoms with Crippen molar-refractivity contribution in [3.63, 3.8) is 0 Å². The Bertz CT molecular complexity index is 904. The summed E-state index contributed by atoms with van der Waals surface area (Å²) in [5, 5.41) is 10.7. The number of halogens is 1. The van der Waals surface area contributed by atoms with Crippen LogP contribution in [0.5, 0.6) is 17.2 Å². The maximum Gasteiger partial charge on any atom is 0.269 e. The second-order valence-electron chi connectivity index (χ2n) is 5.09. The van der Waals surface area contributed by atoms with Crippen molar-refractivity contribution in [2.24, 2.45) is 0 Å². The normalized spacial score (nSPS) is 14.2. The van der Waals surface area contributed by atoms with E-state index in [-0.39, 0.29) is 17.2 Å². The first-order valence-electron chi connectivity index (χ1n) is 7.09. The lowest BCUT2D eigenvalue weighted by molar-refractivity contribution is -0.384. The second kappa shape index (κ2) is 6.71. The smallest absolute Gasteiger partial charge is 0.269 e. The fraction of sp³-hybridized carbons (Fsp3) is 0.118. The van der Waals surface area contributed by atoms with Crippen molar-refractivity contribution < 1.29 is 23.9 Å². The van der Waals surface area contributed by atoms with Crippen molar-refractivity contribution in [2.45, 2.75) is 0 Å². The third-order valence-corrected chi connectivity index (χ3v) is 4.68. The van der Waals surface area contributed by atoms with Gasteiger partial charge in [0.2, 0.25) is 5.78 Å². The molecular formula is C17H12INO6. The van der Waals surface area contributed by atoms with Crippen molar-refractivity contribution in [1.82, 2.24) is 0 Å². The van der Waals surface area contributed by atoms with E-state index in [9.17, 15) is 14.9 Å². The van der Waals surface area contributed by atoms with Gasteiger partial charge in [-0.3, -0.25) is 14.9 Å². The highest BCUT2D eigenvalue weighted by Gasteiger charge is 2.34. The van der Waals surface area contributed by atoms with Gasteiger partial charge in [0.05, 0.1) is 22.7 Å². The fourth-order valence-corrected chi connectivity index (χ4v) is 3.18. The Balaban J connectivity index is 2.02. The average molecular weight is 453 g/mol. The average Bonchev–Trinajstić information content (AvgIpc) is 2.93. The van der Waals surface area contributed by atoms with Crippen LogP contribution in [-0.2, 0) is 0 Å². The van der Waals surface area contributed by atoms with E-state index in [0.717, 1.165) is 0 Å². The SMILES string of the molecule is COc1cc(OC)c2c(c1I)OC(=Cc1ccc([N+](=O)[O-])cc1)C2=O. The third-order valence-electron chi connectivity index (χ3n) is 3.66. The van der Waals surface area contributed by atoms with E-state index in [0.29, 0.717) is 31.9 Å². The van der Waals surface area contributed by atoms with Gasteiger partial charge in [0.1, 0.15) is 17.1 Å². The van der Waals surface area contributed by atoms with E-state index in [1.54, 1.807) is 18.2 Å². The zero-order valence-electron chi connectivity index (χ0n) is 13.2. The lowest BCUT2D eigenvalue weighted by Gasteiger charge is -2.10. The molecule has 0 fully saturated rings. The minimum atomic E-state index is -0.483. The van der Waals surface area contributed by atoms with Gasteiger partial charge < -0.3 is 14.2 Å². The summed E-state index contributed by atoms with van der Waals surface area (Å²) in [5.74, 6) is 1.10. The number of carbonyl (C=O) groups is 1. The van der Waals surface area contributed by atoms with E-state index >= 15 is 0 Å². The van der Waals surface area contributed by atoms with Crippen LogP contribution in [0, 0.1) is 13.7 Å². The molecule has 2 aromatic carbocycles. The maximum atomic E-state index is 12.7. The Kier molecular flexibility index (Phi) is 4.62. The van der Waals surface area contributed by atoms with Crippen LogP contribution >= 0.6 is 22.6 Å². The molecule has 0 spiro atoms. The Morgan fingerprint density at radius 1 is 1.16 bits per heavy atom. The molecule has 0 saturated heterocycles. The number of benzene rings is 2. The van der Waals surface area contributed by atoms with Crippen molar-refractivity contribution in [3.05, 3.63) is 60.9 Å². The molecule has 0 amide bonds. The molecule has 1 aliphatic rings. The highest BCUT2D eigenvalue weighted by Crippen LogP contribution is 2.45. The van der Waals surface area contributed by atoms with E-state index in [2.05, 4.69) is 0 Å². The highest BCUT2D eigenvalue weighted by atomic mass is 127. The van der Waals surface area contributed by atoms with Crippen molar-refractivity contribution in [1.29, 1.82) is 0 Å². The van der Waals surface area contributed by atoms with Gasteiger partial charge in [-0.25, -0.2) is 0 Å². The molecule has 0 bridgehead atoms. The minimum Gasteiger partial charge on any atom is -0.496 e. The van der Waals surface area contributed by atoms with Gasteiger partial charge >= 0.3 is 0 Å². The Labute approximate surface area is 156 Å². The molecule has 8 heteroatoms. The number of nitro groups is 1. The number of methoxy groups -OCH3 is 2. The zero-order valence-corrected chi connectivity index (χ0v) is 15.4. The summed E-state index contributed by atoms with van der Waals surface area (Å²) in [6.45, 7) is 0. The molecule has 3 rings (SSSR count). The molecule has 0 radical (unpaired) electrons. The summed E-state index contributed by atoms with van der Waals surface area (Å²) in [6.07, 6.45) is 1.54. The van der Waals surface area contributed by atoms with Gasteiger partial charge in [-0.15, -0.1) is 0 Å². The van der Waals surface area contributed by atoms with Crippen LogP contribution in [0.15, 0.2) is 36.1 Å². The number of allylic oxidation sites excluding steroid dienone is 1. The van der Waals surface area contributed by atoms with Crippen LogP contribution < -0.4 is 14.2 Å². The molecule has 0 aliphatic carbocycles. The summed E-state index contributed by atoms with van der Waals surface area (Å²) < 4.78 is 16.9. The summed E-state index contributed by atoms with van der Waals surface area (Å²) >= 11 is 2.04. The number of non-ortho nitro benzene ring substituents is 1. The van der Waals surface area contributed by atoms with Gasteiger partial charge in [-0.05, 0) is 46.4 Å². The molecule has 0 aromatic heterocycles. The number of ether oxygens (including phenoxy) is 3. The van der Waals surface area contributed by atoms with Gasteiger partial charge in [0, 0.05) is 18.2 Å². The highest BCUT2D eigenvalue weighted by molar-refractivity contribution is 14.1. The van der Waals surface area contributed by atoms with Gasteiger partial charge in [0.25, 0.3) is 5.69 Å². The molecule has 7 nitrogen and oxygen atoms in total. The van der Waals surface area contributed by atoms with E-state index in [4.69, 9.17) is 14.2 Å². The summed E-state index contributed by atoms with van der Waals surface area (Å²) in [6, 6.07) is 7.47. The predicted molar refractivity (Wildman–Crippen MR) is 98.3 cm³/mol. The molecule has 1 aliphatic heterocycles. The topological polar surface area (TPSA) is 87.9 Å². The van der Waals surface area contributed by atoms with E-state index in [1.807, 2.05) is 22.6 Å². The van der Waals surface area contributed by atoms with E-state index < -0.39 is 4.92 Å². The third kappa shape index (κ3) is 3.04. The zero-order chi connectivity index (χ0) is 18.1. The number of carbonyl (C=O) groups excluding carboxylic acids is 1. The number of hydrogen-bond donors (Lipinski definition) is 0. The Morgan fingerprint density at radius 3 is 2.36 bits per heavy atom. The number of ketones is 1. The van der Waals surface area contributed by atoms with Gasteiger partial charge in [-0.2, -0.15) is 0 Å². The number of Topliss-reactive ketones (excluding diaryl/α,β-unsaturated/α-hetero) is 1. The minimum absolute atomic E-state index is 0.0231. The van der Waals surface area contributed by atoms with Gasteiger partial charge in [-0.1, -0.05) is 0 Å². The number of hydrogen-bond acceptors (Lipinski definition) is 6. The molecule has 128 valence electrons. The van der Waals surface area contributed by atoms with Crippen molar-refractivity contribution >= 4 is 40.1 Å². The molecule has 0 unspecified atom stereocenters. The first kappa shape index (κ1) is 17.2. The van der Waals surface area contributed by atoms with Crippen molar-refractivity contribution in [2.75, 3.05) is 14.2 Å². The fourth-order valence-electron chi connectivity index (χ4n) is 2.43. The van der Waals surface area contributed by atoms with Crippen molar-refractivity contribution in [3.8, 4) is 17.2 Å². The number of nitro benzene ring substituents is 1. The number of fused-ring (bicyclic) bond motifs is 1. The quantitative estimate of drug-likeness (QED) is 0.303. The van der Waals surface area contributed by atoms with Gasteiger partial charge in [0.15, 0.2) is 11.5 Å². The Hall–Kier alpha value is -2.62. The van der Waals surface area contributed by atoms with Crippen LogP contribution in [-0.4, -0.2) is 24.9 Å². The summed E-state index contributed by atoms with van der Waals surface area (Å²) in [7, 11) is 2.99. The lowest BCUT2D eigenvalue weighted by Crippen LogP contribution is -2.00. The molecule has 0 N–H and O–H groups in total. The molecule has 25 heavy (non-hydrogen) atoms. The van der Waals surface area contributed by atoms with E-state index in [1.165, 1.54) is 32.4 Å². The number of nitrogens with zero attached hydrogens (tertiary/aromatic N) is 1. The Morgan fingerprint density at radius 2 is 1.80 bits per heavy atom.